The number of nitrogens with one attached hydrogen (secondary N) is 1. The molecule has 2 heterocycles. The lowest BCUT2D eigenvalue weighted by Crippen LogP contribution is -2.41. The largest absolute Gasteiger partial charge is 0.324 e. The quantitative estimate of drug-likeness (QED) is 0.731. The van der Waals surface area contributed by atoms with Crippen molar-refractivity contribution in [3.8, 4) is 0 Å². The zero-order valence-corrected chi connectivity index (χ0v) is 18.2. The third kappa shape index (κ3) is 4.13. The van der Waals surface area contributed by atoms with Gasteiger partial charge in [0, 0.05) is 5.56 Å². The highest BCUT2D eigenvalue weighted by Crippen LogP contribution is 2.34. The number of thioether (sulfide) groups is 1. The van der Waals surface area contributed by atoms with E-state index < -0.39 is 6.04 Å². The van der Waals surface area contributed by atoms with Crippen molar-refractivity contribution in [1.29, 1.82) is 0 Å². The van der Waals surface area contributed by atoms with Crippen molar-refractivity contribution in [1.82, 2.24) is 4.90 Å². The molecular weight excluding hydrogens is 420 g/mol. The van der Waals surface area contributed by atoms with Gasteiger partial charge in [-0.3, -0.25) is 14.6 Å². The molecule has 154 valence electrons. The van der Waals surface area contributed by atoms with E-state index in [0.29, 0.717) is 34.1 Å². The lowest BCUT2D eigenvalue weighted by atomic mass is 10.0. The molecule has 0 saturated heterocycles. The number of amides is 2. The Morgan fingerprint density at radius 3 is 2.70 bits per heavy atom. The van der Waals surface area contributed by atoms with Gasteiger partial charge in [0.25, 0.3) is 5.91 Å². The van der Waals surface area contributed by atoms with Crippen LogP contribution in [0.15, 0.2) is 58.5 Å². The SMILES string of the molecule is CC(C)C[C@H]1N=C2c3ccccc3N=C(SCC(=O)Nc3ccccc3Cl)N2C1=O. The van der Waals surface area contributed by atoms with E-state index in [1.54, 1.807) is 29.2 Å². The van der Waals surface area contributed by atoms with E-state index >= 15 is 0 Å². The molecule has 30 heavy (non-hydrogen) atoms. The number of rotatable bonds is 5. The fraction of sp³-hybridized carbons (Fsp3) is 0.273. The monoisotopic (exact) mass is 440 g/mol. The van der Waals surface area contributed by atoms with Gasteiger partial charge in [-0.1, -0.05) is 61.5 Å². The molecule has 0 saturated carbocycles. The summed E-state index contributed by atoms with van der Waals surface area (Å²) in [5.41, 5.74) is 2.14. The first-order valence-electron chi connectivity index (χ1n) is 9.71. The molecule has 0 fully saturated rings. The summed E-state index contributed by atoms with van der Waals surface area (Å²) in [5, 5.41) is 3.74. The van der Waals surface area contributed by atoms with Crippen LogP contribution in [0.1, 0.15) is 25.8 Å². The van der Waals surface area contributed by atoms with Crippen molar-refractivity contribution in [2.45, 2.75) is 26.3 Å². The van der Waals surface area contributed by atoms with E-state index in [4.69, 9.17) is 16.6 Å². The van der Waals surface area contributed by atoms with E-state index in [9.17, 15) is 9.59 Å². The summed E-state index contributed by atoms with van der Waals surface area (Å²) in [6, 6.07) is 14.2. The molecule has 2 amide bonds. The Hall–Kier alpha value is -2.64. The van der Waals surface area contributed by atoms with Crippen LogP contribution in [0, 0.1) is 5.92 Å². The van der Waals surface area contributed by atoms with Crippen LogP contribution in [0.4, 0.5) is 11.4 Å². The molecule has 0 radical (unpaired) electrons. The van der Waals surface area contributed by atoms with Crippen LogP contribution in [-0.4, -0.2) is 39.5 Å². The second kappa shape index (κ2) is 8.62. The van der Waals surface area contributed by atoms with Gasteiger partial charge in [0.1, 0.15) is 11.9 Å². The third-order valence-electron chi connectivity index (χ3n) is 4.72. The van der Waals surface area contributed by atoms with Crippen LogP contribution in [-0.2, 0) is 9.59 Å². The average molecular weight is 441 g/mol. The fourth-order valence-corrected chi connectivity index (χ4v) is 4.36. The number of hydrogen-bond donors (Lipinski definition) is 1. The van der Waals surface area contributed by atoms with Gasteiger partial charge in [-0.15, -0.1) is 0 Å². The van der Waals surface area contributed by atoms with Crippen LogP contribution in [0.3, 0.4) is 0 Å². The van der Waals surface area contributed by atoms with Gasteiger partial charge >= 0.3 is 0 Å². The Kier molecular flexibility index (Phi) is 5.92. The molecular formula is C22H21ClN4O2S. The summed E-state index contributed by atoms with van der Waals surface area (Å²) in [4.78, 5) is 36.4. The third-order valence-corrected chi connectivity index (χ3v) is 5.99. The van der Waals surface area contributed by atoms with Gasteiger partial charge in [-0.05, 0) is 36.6 Å². The maximum absolute atomic E-state index is 13.1. The van der Waals surface area contributed by atoms with E-state index in [0.717, 1.165) is 11.3 Å². The van der Waals surface area contributed by atoms with Crippen molar-refractivity contribution in [2.24, 2.45) is 15.9 Å². The molecule has 0 bridgehead atoms. The first kappa shape index (κ1) is 20.6. The molecule has 0 aliphatic carbocycles. The first-order valence-corrected chi connectivity index (χ1v) is 11.1. The maximum atomic E-state index is 13.1. The number of nitrogens with zero attached hydrogens (tertiary/aromatic N) is 3. The number of aliphatic imine (C=N–C) groups is 2. The molecule has 2 aliphatic heterocycles. The van der Waals surface area contributed by atoms with E-state index in [-0.39, 0.29) is 17.6 Å². The summed E-state index contributed by atoms with van der Waals surface area (Å²) >= 11 is 7.32. The number of carbonyl (C=O) groups is 2. The van der Waals surface area contributed by atoms with Gasteiger partial charge in [0.15, 0.2) is 5.17 Å². The number of anilines is 1. The number of fused-ring (bicyclic) bond motifs is 3. The fourth-order valence-electron chi connectivity index (χ4n) is 3.38. The standard InChI is InChI=1S/C22H21ClN4O2S/c1-13(2)11-18-21(29)27-20(25-18)14-7-3-5-9-16(14)26-22(27)30-12-19(28)24-17-10-6-4-8-15(17)23/h3-10,13,18H,11-12H2,1-2H3,(H,24,28)/t18-/m1/s1. The molecule has 1 N–H and O–H groups in total. The summed E-state index contributed by atoms with van der Waals surface area (Å²) in [6.07, 6.45) is 0.673. The van der Waals surface area contributed by atoms with Crippen molar-refractivity contribution in [3.63, 3.8) is 0 Å². The van der Waals surface area contributed by atoms with Gasteiger partial charge in [-0.2, -0.15) is 0 Å². The predicted molar refractivity (Wildman–Crippen MR) is 123 cm³/mol. The van der Waals surface area contributed by atoms with Crippen LogP contribution < -0.4 is 5.32 Å². The number of hydrogen-bond acceptors (Lipinski definition) is 5. The normalized spacial score (nSPS) is 17.4. The van der Waals surface area contributed by atoms with Crippen LogP contribution in [0.5, 0.6) is 0 Å². The minimum absolute atomic E-state index is 0.0917. The van der Waals surface area contributed by atoms with Gasteiger partial charge in [0.2, 0.25) is 5.91 Å². The zero-order valence-electron chi connectivity index (χ0n) is 16.6. The van der Waals surface area contributed by atoms with E-state index in [2.05, 4.69) is 24.2 Å². The Morgan fingerprint density at radius 1 is 1.20 bits per heavy atom. The van der Waals surface area contributed by atoms with E-state index in [1.807, 2.05) is 24.3 Å². The smallest absolute Gasteiger partial charge is 0.259 e. The Balaban J connectivity index is 1.55. The molecule has 6 nitrogen and oxygen atoms in total. The Labute approximate surface area is 184 Å². The van der Waals surface area contributed by atoms with Gasteiger partial charge in [0.05, 0.1) is 22.2 Å². The molecule has 1 atom stereocenters. The van der Waals surface area contributed by atoms with E-state index in [1.165, 1.54) is 11.8 Å². The summed E-state index contributed by atoms with van der Waals surface area (Å²) in [5.74, 6) is 0.738. The number of amidine groups is 2. The predicted octanol–water partition coefficient (Wildman–Crippen LogP) is 4.72. The molecule has 0 aromatic heterocycles. The second-order valence-corrected chi connectivity index (χ2v) is 8.85. The van der Waals surface area contributed by atoms with Gasteiger partial charge in [-0.25, -0.2) is 9.89 Å². The maximum Gasteiger partial charge on any atom is 0.259 e. The molecule has 2 aromatic carbocycles. The van der Waals surface area contributed by atoms with Crippen LogP contribution in [0.2, 0.25) is 5.02 Å². The Bertz CT molecular complexity index is 1070. The molecule has 0 spiro atoms. The average Bonchev–Trinajstić information content (AvgIpc) is 3.04. The lowest BCUT2D eigenvalue weighted by Gasteiger charge is -2.25. The van der Waals surface area contributed by atoms with Crippen molar-refractivity contribution in [3.05, 3.63) is 59.1 Å². The number of benzene rings is 2. The molecule has 2 aromatic rings. The summed E-state index contributed by atoms with van der Waals surface area (Å²) in [7, 11) is 0. The minimum Gasteiger partial charge on any atom is -0.324 e. The van der Waals surface area contributed by atoms with Gasteiger partial charge < -0.3 is 5.32 Å². The van der Waals surface area contributed by atoms with Crippen molar-refractivity contribution < 1.29 is 9.59 Å². The van der Waals surface area contributed by atoms with Crippen molar-refractivity contribution in [2.75, 3.05) is 11.1 Å². The second-order valence-electron chi connectivity index (χ2n) is 7.50. The number of halogens is 1. The topological polar surface area (TPSA) is 74.1 Å². The summed E-state index contributed by atoms with van der Waals surface area (Å²) < 4.78 is 0. The molecule has 4 rings (SSSR count). The Morgan fingerprint density at radius 2 is 1.93 bits per heavy atom. The molecule has 0 unspecified atom stereocenters. The van der Waals surface area contributed by atoms with Crippen molar-refractivity contribution >= 4 is 57.6 Å². The first-order chi connectivity index (χ1) is 14.4. The summed E-state index contributed by atoms with van der Waals surface area (Å²) in [6.45, 7) is 4.14. The minimum atomic E-state index is -0.422. The molecule has 2 aliphatic rings. The molecule has 8 heteroatoms. The highest BCUT2D eigenvalue weighted by atomic mass is 35.5. The lowest BCUT2D eigenvalue weighted by molar-refractivity contribution is -0.125. The highest BCUT2D eigenvalue weighted by Gasteiger charge is 2.41. The zero-order chi connectivity index (χ0) is 21.3. The van der Waals surface area contributed by atoms with Crippen LogP contribution >= 0.6 is 23.4 Å². The highest BCUT2D eigenvalue weighted by molar-refractivity contribution is 8.14. The number of para-hydroxylation sites is 2. The van der Waals surface area contributed by atoms with Crippen LogP contribution in [0.25, 0.3) is 0 Å². The number of carbonyl (C=O) groups excluding carboxylic acids is 2.